The summed E-state index contributed by atoms with van der Waals surface area (Å²) in [6.45, 7) is 0. The molecule has 1 heterocycles. The molecule has 0 radical (unpaired) electrons. The third-order valence-electron chi connectivity index (χ3n) is 3.21. The molecule has 3 N–H and O–H groups in total. The van der Waals surface area contributed by atoms with E-state index in [0.717, 1.165) is 11.1 Å². The van der Waals surface area contributed by atoms with Crippen molar-refractivity contribution in [3.05, 3.63) is 76.2 Å². The maximum atomic E-state index is 11.9. The number of aromatic nitrogens is 3. The van der Waals surface area contributed by atoms with Crippen LogP contribution in [0, 0.1) is 0 Å². The van der Waals surface area contributed by atoms with E-state index in [1.54, 1.807) is 0 Å². The summed E-state index contributed by atoms with van der Waals surface area (Å²) in [5.41, 5.74) is 8.41. The van der Waals surface area contributed by atoms with Crippen LogP contribution in [0.5, 0.6) is 0 Å². The van der Waals surface area contributed by atoms with Gasteiger partial charge in [-0.1, -0.05) is 48.5 Å². The van der Waals surface area contributed by atoms with Gasteiger partial charge in [-0.05, 0) is 11.6 Å². The monoisotopic (exact) mass is 278 g/mol. The van der Waals surface area contributed by atoms with Crippen molar-refractivity contribution in [2.75, 3.05) is 5.73 Å². The highest BCUT2D eigenvalue weighted by Gasteiger charge is 2.09. The first-order chi connectivity index (χ1) is 10.2. The molecule has 5 heteroatoms. The minimum absolute atomic E-state index is 0.294. The van der Waals surface area contributed by atoms with Gasteiger partial charge in [0.1, 0.15) is 5.69 Å². The standard InChI is InChI=1S/C16H14N4O/c17-13-9-5-4-8-12(13)10-14-16(21)20-19-15(18-14)11-6-2-1-3-7-11/h1-9H,10,17H2,(H,20,21). The minimum atomic E-state index is -0.294. The van der Waals surface area contributed by atoms with Crippen LogP contribution in [-0.2, 0) is 6.42 Å². The van der Waals surface area contributed by atoms with E-state index in [4.69, 9.17) is 5.73 Å². The highest BCUT2D eigenvalue weighted by Crippen LogP contribution is 2.15. The average molecular weight is 278 g/mol. The molecular formula is C16H14N4O. The molecule has 0 aliphatic heterocycles. The third kappa shape index (κ3) is 2.81. The fraction of sp³-hybridized carbons (Fsp3) is 0.0625. The van der Waals surface area contributed by atoms with Crippen LogP contribution in [0.4, 0.5) is 5.69 Å². The van der Waals surface area contributed by atoms with Crippen molar-refractivity contribution in [2.45, 2.75) is 6.42 Å². The third-order valence-corrected chi connectivity index (χ3v) is 3.21. The number of nitrogens with one attached hydrogen (secondary N) is 1. The summed E-state index contributed by atoms with van der Waals surface area (Å²) in [5, 5.41) is 6.49. The molecule has 0 unspecified atom stereocenters. The lowest BCUT2D eigenvalue weighted by molar-refractivity contribution is 0.884. The number of aromatic amines is 1. The van der Waals surface area contributed by atoms with E-state index in [2.05, 4.69) is 15.2 Å². The summed E-state index contributed by atoms with van der Waals surface area (Å²) in [6, 6.07) is 17.0. The first kappa shape index (κ1) is 13.1. The molecule has 0 aliphatic rings. The van der Waals surface area contributed by atoms with E-state index in [1.165, 1.54) is 0 Å². The van der Waals surface area contributed by atoms with Crippen molar-refractivity contribution >= 4 is 5.69 Å². The molecule has 0 bridgehead atoms. The fourth-order valence-electron chi connectivity index (χ4n) is 2.08. The van der Waals surface area contributed by atoms with Gasteiger partial charge < -0.3 is 5.73 Å². The summed E-state index contributed by atoms with van der Waals surface area (Å²) < 4.78 is 0. The molecule has 0 fully saturated rings. The minimum Gasteiger partial charge on any atom is -0.398 e. The van der Waals surface area contributed by atoms with E-state index in [1.807, 2.05) is 54.6 Å². The zero-order valence-electron chi connectivity index (χ0n) is 11.3. The van der Waals surface area contributed by atoms with Crippen molar-refractivity contribution in [3.8, 4) is 11.4 Å². The van der Waals surface area contributed by atoms with Crippen LogP contribution in [-0.4, -0.2) is 15.2 Å². The number of hydrogen-bond donors (Lipinski definition) is 2. The van der Waals surface area contributed by atoms with Crippen LogP contribution >= 0.6 is 0 Å². The normalized spacial score (nSPS) is 10.5. The Labute approximate surface area is 121 Å². The smallest absolute Gasteiger partial charge is 0.286 e. The fourth-order valence-corrected chi connectivity index (χ4v) is 2.08. The van der Waals surface area contributed by atoms with E-state index in [9.17, 15) is 4.79 Å². The van der Waals surface area contributed by atoms with Crippen LogP contribution < -0.4 is 11.3 Å². The van der Waals surface area contributed by atoms with Crippen LogP contribution in [0.1, 0.15) is 11.3 Å². The maximum Gasteiger partial charge on any atom is 0.286 e. The Balaban J connectivity index is 2.00. The number of nitrogen functional groups attached to an aromatic ring is 1. The molecule has 3 rings (SSSR count). The zero-order chi connectivity index (χ0) is 14.7. The summed E-state index contributed by atoms with van der Waals surface area (Å²) in [4.78, 5) is 16.3. The first-order valence-corrected chi connectivity index (χ1v) is 6.58. The Bertz CT molecular complexity index is 812. The lowest BCUT2D eigenvalue weighted by Gasteiger charge is -2.05. The molecule has 1 aromatic heterocycles. The quantitative estimate of drug-likeness (QED) is 0.718. The van der Waals surface area contributed by atoms with Gasteiger partial charge in [-0.2, -0.15) is 5.10 Å². The largest absolute Gasteiger partial charge is 0.398 e. The molecule has 5 nitrogen and oxygen atoms in total. The summed E-state index contributed by atoms with van der Waals surface area (Å²) in [7, 11) is 0. The predicted octanol–water partition coefficient (Wildman–Crippen LogP) is 2.00. The summed E-state index contributed by atoms with van der Waals surface area (Å²) in [6.07, 6.45) is 0.379. The molecule has 0 amide bonds. The SMILES string of the molecule is Nc1ccccc1Cc1nc(-c2ccccc2)n[nH]c1=O. The van der Waals surface area contributed by atoms with Gasteiger partial charge in [-0.3, -0.25) is 4.79 Å². The maximum absolute atomic E-state index is 11.9. The van der Waals surface area contributed by atoms with Crippen molar-refractivity contribution in [1.29, 1.82) is 0 Å². The van der Waals surface area contributed by atoms with Crippen molar-refractivity contribution in [3.63, 3.8) is 0 Å². The second kappa shape index (κ2) is 5.58. The molecule has 21 heavy (non-hydrogen) atoms. The lowest BCUT2D eigenvalue weighted by Crippen LogP contribution is -2.18. The molecule has 0 spiro atoms. The lowest BCUT2D eigenvalue weighted by atomic mass is 10.1. The van der Waals surface area contributed by atoms with Gasteiger partial charge in [0, 0.05) is 17.7 Å². The van der Waals surface area contributed by atoms with Crippen LogP contribution in [0.2, 0.25) is 0 Å². The number of para-hydroxylation sites is 1. The van der Waals surface area contributed by atoms with Gasteiger partial charge in [0.05, 0.1) is 0 Å². The van der Waals surface area contributed by atoms with Crippen LogP contribution in [0.15, 0.2) is 59.4 Å². The highest BCUT2D eigenvalue weighted by atomic mass is 16.1. The Morgan fingerprint density at radius 2 is 1.71 bits per heavy atom. The van der Waals surface area contributed by atoms with Crippen molar-refractivity contribution in [2.24, 2.45) is 0 Å². The second-order valence-corrected chi connectivity index (χ2v) is 4.68. The number of rotatable bonds is 3. The van der Waals surface area contributed by atoms with E-state index >= 15 is 0 Å². The zero-order valence-corrected chi connectivity index (χ0v) is 11.3. The summed E-state index contributed by atoms with van der Waals surface area (Å²) in [5.74, 6) is 0.500. The van der Waals surface area contributed by atoms with Crippen LogP contribution in [0.25, 0.3) is 11.4 Å². The molecular weight excluding hydrogens is 264 g/mol. The van der Waals surface area contributed by atoms with Crippen molar-refractivity contribution < 1.29 is 0 Å². The molecule has 3 aromatic rings. The Hall–Kier alpha value is -2.95. The molecule has 2 aromatic carbocycles. The Morgan fingerprint density at radius 1 is 1.00 bits per heavy atom. The van der Waals surface area contributed by atoms with Gasteiger partial charge in [0.25, 0.3) is 5.56 Å². The number of anilines is 1. The molecule has 0 saturated heterocycles. The molecule has 104 valence electrons. The Morgan fingerprint density at radius 3 is 2.48 bits per heavy atom. The van der Waals surface area contributed by atoms with E-state index in [-0.39, 0.29) is 5.56 Å². The van der Waals surface area contributed by atoms with E-state index in [0.29, 0.717) is 23.6 Å². The second-order valence-electron chi connectivity index (χ2n) is 4.68. The number of hydrogen-bond acceptors (Lipinski definition) is 4. The Kier molecular flexibility index (Phi) is 3.47. The van der Waals surface area contributed by atoms with Gasteiger partial charge in [0.15, 0.2) is 5.82 Å². The number of H-pyrrole nitrogens is 1. The number of nitrogens with zero attached hydrogens (tertiary/aromatic N) is 2. The van der Waals surface area contributed by atoms with Crippen molar-refractivity contribution in [1.82, 2.24) is 15.2 Å². The first-order valence-electron chi connectivity index (χ1n) is 6.58. The summed E-state index contributed by atoms with van der Waals surface area (Å²) >= 11 is 0. The van der Waals surface area contributed by atoms with Gasteiger partial charge in [0.2, 0.25) is 0 Å². The van der Waals surface area contributed by atoms with Gasteiger partial charge in [-0.15, -0.1) is 0 Å². The number of nitrogens with two attached hydrogens (primary N) is 1. The average Bonchev–Trinajstić information content (AvgIpc) is 2.52. The molecule has 0 aliphatic carbocycles. The molecule has 0 atom stereocenters. The van der Waals surface area contributed by atoms with Crippen LogP contribution in [0.3, 0.4) is 0 Å². The van der Waals surface area contributed by atoms with E-state index < -0.39 is 0 Å². The van der Waals surface area contributed by atoms with Gasteiger partial charge in [-0.25, -0.2) is 10.1 Å². The predicted molar refractivity (Wildman–Crippen MR) is 81.7 cm³/mol. The topological polar surface area (TPSA) is 84.7 Å². The highest BCUT2D eigenvalue weighted by molar-refractivity contribution is 5.54. The van der Waals surface area contributed by atoms with Gasteiger partial charge >= 0.3 is 0 Å². The number of benzene rings is 2. The molecule has 0 saturated carbocycles.